The molecule has 0 saturated heterocycles. The number of aliphatic hydroxyl groups excluding tert-OH is 1. The number of benzene rings is 2. The zero-order valence-corrected chi connectivity index (χ0v) is 17.6. The van der Waals surface area contributed by atoms with E-state index in [1.807, 2.05) is 60.7 Å². The molecular formula is C22H23N9O2. The minimum atomic E-state index is -0.777. The number of hydrazone groups is 2. The van der Waals surface area contributed by atoms with Crippen molar-refractivity contribution in [1.82, 2.24) is 19.5 Å². The van der Waals surface area contributed by atoms with Gasteiger partial charge in [-0.05, 0) is 24.3 Å². The molecule has 2 heterocycles. The summed E-state index contributed by atoms with van der Waals surface area (Å²) in [5.74, 6) is 0.254. The Morgan fingerprint density at radius 2 is 1.58 bits per heavy atom. The molecule has 2 atom stereocenters. The second kappa shape index (κ2) is 10.8. The predicted molar refractivity (Wildman–Crippen MR) is 128 cm³/mol. The standard InChI is InChI=1S/C22H23N9O2/c23-21-20-22(25-14-24-21)31(15-26-20)19(12-28-30-17-9-5-2-6-10-17)33-18(13-32)11-27-29-16-7-3-1-4-8-16/h1-12,14-15,18-19,29-30,32H,13H2,(H2,23,24,25)/b27-11?,28-12+. The van der Waals surface area contributed by atoms with Crippen molar-refractivity contribution < 1.29 is 9.84 Å². The van der Waals surface area contributed by atoms with Crippen molar-refractivity contribution in [3.63, 3.8) is 0 Å². The van der Waals surface area contributed by atoms with E-state index in [2.05, 4.69) is 36.0 Å². The molecule has 4 rings (SSSR count). The van der Waals surface area contributed by atoms with Crippen molar-refractivity contribution >= 4 is 40.8 Å². The first-order chi connectivity index (χ1) is 16.2. The molecule has 33 heavy (non-hydrogen) atoms. The second-order valence-corrected chi connectivity index (χ2v) is 6.84. The highest BCUT2D eigenvalue weighted by molar-refractivity contribution is 5.82. The van der Waals surface area contributed by atoms with Gasteiger partial charge in [-0.15, -0.1) is 0 Å². The molecule has 0 saturated carbocycles. The van der Waals surface area contributed by atoms with Crippen LogP contribution < -0.4 is 16.6 Å². The van der Waals surface area contributed by atoms with Gasteiger partial charge in [-0.3, -0.25) is 15.4 Å². The van der Waals surface area contributed by atoms with Gasteiger partial charge in [0.2, 0.25) is 0 Å². The van der Waals surface area contributed by atoms with Gasteiger partial charge in [0.25, 0.3) is 0 Å². The average molecular weight is 445 g/mol. The third kappa shape index (κ3) is 5.67. The molecule has 0 fully saturated rings. The average Bonchev–Trinajstić information content (AvgIpc) is 3.29. The number of para-hydroxylation sites is 2. The minimum absolute atomic E-state index is 0.254. The van der Waals surface area contributed by atoms with Crippen molar-refractivity contribution in [2.75, 3.05) is 23.2 Å². The predicted octanol–water partition coefficient (Wildman–Crippen LogP) is 2.48. The van der Waals surface area contributed by atoms with Crippen molar-refractivity contribution in [3.8, 4) is 0 Å². The van der Waals surface area contributed by atoms with Gasteiger partial charge in [-0.1, -0.05) is 36.4 Å². The molecule has 2 aromatic heterocycles. The van der Waals surface area contributed by atoms with E-state index in [0.717, 1.165) is 11.4 Å². The summed E-state index contributed by atoms with van der Waals surface area (Å²) in [4.78, 5) is 12.5. The highest BCUT2D eigenvalue weighted by Gasteiger charge is 2.19. The monoisotopic (exact) mass is 445 g/mol. The lowest BCUT2D eigenvalue weighted by Gasteiger charge is -2.19. The van der Waals surface area contributed by atoms with Gasteiger partial charge >= 0.3 is 0 Å². The molecule has 4 aromatic rings. The Balaban J connectivity index is 1.55. The van der Waals surface area contributed by atoms with E-state index in [9.17, 15) is 5.11 Å². The number of nitrogen functional groups attached to an aromatic ring is 1. The fourth-order valence-corrected chi connectivity index (χ4v) is 2.93. The molecule has 0 amide bonds. The van der Waals surface area contributed by atoms with Crippen molar-refractivity contribution in [2.45, 2.75) is 12.3 Å². The number of rotatable bonds is 10. The Morgan fingerprint density at radius 1 is 0.939 bits per heavy atom. The molecule has 168 valence electrons. The number of anilines is 3. The van der Waals surface area contributed by atoms with Crippen LogP contribution in [0.1, 0.15) is 6.23 Å². The van der Waals surface area contributed by atoms with Crippen LogP contribution in [0.3, 0.4) is 0 Å². The van der Waals surface area contributed by atoms with E-state index < -0.39 is 12.3 Å². The van der Waals surface area contributed by atoms with Crippen LogP contribution in [-0.4, -0.2) is 49.8 Å². The molecular weight excluding hydrogens is 422 g/mol. The number of nitrogens with one attached hydrogen (secondary N) is 2. The number of nitrogens with two attached hydrogens (primary N) is 1. The lowest BCUT2D eigenvalue weighted by atomic mass is 10.3. The summed E-state index contributed by atoms with van der Waals surface area (Å²) in [5.41, 5.74) is 14.3. The zero-order chi connectivity index (χ0) is 22.9. The largest absolute Gasteiger partial charge is 0.393 e. The highest BCUT2D eigenvalue weighted by Crippen LogP contribution is 2.20. The Morgan fingerprint density at radius 3 is 2.21 bits per heavy atom. The van der Waals surface area contributed by atoms with Gasteiger partial charge in [0.1, 0.15) is 17.9 Å². The van der Waals surface area contributed by atoms with Crippen molar-refractivity contribution in [1.29, 1.82) is 0 Å². The molecule has 2 unspecified atom stereocenters. The number of hydrogen-bond donors (Lipinski definition) is 4. The number of aromatic nitrogens is 4. The number of fused-ring (bicyclic) bond motifs is 1. The first kappa shape index (κ1) is 21.9. The van der Waals surface area contributed by atoms with Crippen LogP contribution in [0.25, 0.3) is 11.2 Å². The lowest BCUT2D eigenvalue weighted by molar-refractivity contribution is 0.00153. The molecule has 2 aromatic carbocycles. The van der Waals surface area contributed by atoms with E-state index in [0.29, 0.717) is 11.2 Å². The number of ether oxygens (including phenoxy) is 1. The van der Waals surface area contributed by atoms with Crippen LogP contribution in [0.4, 0.5) is 17.2 Å². The van der Waals surface area contributed by atoms with Gasteiger partial charge in [0, 0.05) is 0 Å². The van der Waals surface area contributed by atoms with Crippen LogP contribution in [0.2, 0.25) is 0 Å². The minimum Gasteiger partial charge on any atom is -0.393 e. The summed E-state index contributed by atoms with van der Waals surface area (Å²) >= 11 is 0. The van der Waals surface area contributed by atoms with Crippen LogP contribution >= 0.6 is 0 Å². The second-order valence-electron chi connectivity index (χ2n) is 6.84. The third-order valence-corrected chi connectivity index (χ3v) is 4.53. The topological polar surface area (TPSA) is 148 Å². The van der Waals surface area contributed by atoms with Crippen molar-refractivity contribution in [2.24, 2.45) is 10.2 Å². The van der Waals surface area contributed by atoms with Crippen molar-refractivity contribution in [3.05, 3.63) is 73.3 Å². The molecule has 5 N–H and O–H groups in total. The van der Waals surface area contributed by atoms with Gasteiger partial charge < -0.3 is 15.6 Å². The van der Waals surface area contributed by atoms with Gasteiger partial charge in [0.05, 0.1) is 36.7 Å². The smallest absolute Gasteiger partial charge is 0.175 e. The molecule has 0 spiro atoms. The first-order valence-electron chi connectivity index (χ1n) is 10.1. The maximum Gasteiger partial charge on any atom is 0.175 e. The Hall–Kier alpha value is -4.35. The molecule has 11 heteroatoms. The van der Waals surface area contributed by atoms with E-state index in [-0.39, 0.29) is 12.4 Å². The number of hydrogen-bond acceptors (Lipinski definition) is 10. The molecule has 11 nitrogen and oxygen atoms in total. The number of imidazole rings is 1. The van der Waals surface area contributed by atoms with E-state index in [4.69, 9.17) is 10.5 Å². The van der Waals surface area contributed by atoms with Gasteiger partial charge in [-0.2, -0.15) is 10.2 Å². The third-order valence-electron chi connectivity index (χ3n) is 4.53. The summed E-state index contributed by atoms with van der Waals surface area (Å²) in [6, 6.07) is 18.9. The fraction of sp³-hybridized carbons (Fsp3) is 0.136. The normalized spacial score (nSPS) is 13.5. The summed E-state index contributed by atoms with van der Waals surface area (Å²) in [6.45, 7) is -0.305. The number of aliphatic hydroxyl groups is 1. The van der Waals surface area contributed by atoms with Crippen LogP contribution in [0, 0.1) is 0 Å². The van der Waals surface area contributed by atoms with E-state index >= 15 is 0 Å². The van der Waals surface area contributed by atoms with Crippen LogP contribution in [-0.2, 0) is 4.74 Å². The lowest BCUT2D eigenvalue weighted by Crippen LogP contribution is -2.26. The Kier molecular flexibility index (Phi) is 7.15. The maximum absolute atomic E-state index is 9.86. The summed E-state index contributed by atoms with van der Waals surface area (Å²) < 4.78 is 7.70. The molecule has 0 aliphatic rings. The van der Waals surface area contributed by atoms with Crippen LogP contribution in [0.15, 0.2) is 83.5 Å². The summed E-state index contributed by atoms with van der Waals surface area (Å²) in [5, 5.41) is 18.3. The summed E-state index contributed by atoms with van der Waals surface area (Å²) in [6.07, 6.45) is 4.37. The maximum atomic E-state index is 9.86. The zero-order valence-electron chi connectivity index (χ0n) is 17.6. The van der Waals surface area contributed by atoms with Gasteiger partial charge in [0.15, 0.2) is 17.7 Å². The summed E-state index contributed by atoms with van der Waals surface area (Å²) in [7, 11) is 0. The highest BCUT2D eigenvalue weighted by atomic mass is 16.5. The quantitative estimate of drug-likeness (QED) is 0.215. The SMILES string of the molecule is Nc1ncnc2c1ncn2C(/C=N/Nc1ccccc1)OC(C=NNc1ccccc1)CO. The Bertz CT molecular complexity index is 1210. The molecule has 0 radical (unpaired) electrons. The van der Waals surface area contributed by atoms with E-state index in [1.54, 1.807) is 4.57 Å². The van der Waals surface area contributed by atoms with Crippen LogP contribution in [0.5, 0.6) is 0 Å². The fourth-order valence-electron chi connectivity index (χ4n) is 2.93. The molecule has 0 aliphatic heterocycles. The molecule has 0 bridgehead atoms. The Labute approximate surface area is 189 Å². The first-order valence-corrected chi connectivity index (χ1v) is 10.1. The van der Waals surface area contributed by atoms with E-state index in [1.165, 1.54) is 25.1 Å². The molecule has 0 aliphatic carbocycles. The van der Waals surface area contributed by atoms with Gasteiger partial charge in [-0.25, -0.2) is 15.0 Å². The number of nitrogens with zero attached hydrogens (tertiary/aromatic N) is 6.